The number of rotatable bonds is 8. The van der Waals surface area contributed by atoms with E-state index in [1.807, 2.05) is 43.3 Å². The van der Waals surface area contributed by atoms with Crippen LogP contribution in [0.3, 0.4) is 0 Å². The number of ether oxygens (including phenoxy) is 2. The fourth-order valence-electron chi connectivity index (χ4n) is 2.71. The summed E-state index contributed by atoms with van der Waals surface area (Å²) < 4.78 is 10.5. The standard InChI is InChI=1S/C21H26N2O4/c1-15-7-5-6-8-18(15)22-21(25)11-12-23(16(2)24)14-17-9-10-19(26-3)20(13-17)27-4/h5-10,13H,11-12,14H2,1-4H3,(H,22,25). The second kappa shape index (κ2) is 9.62. The van der Waals surface area contributed by atoms with Crippen LogP contribution in [-0.4, -0.2) is 37.5 Å². The zero-order valence-electron chi connectivity index (χ0n) is 16.2. The molecule has 144 valence electrons. The molecule has 6 nitrogen and oxygen atoms in total. The van der Waals surface area contributed by atoms with Crippen molar-refractivity contribution in [3.8, 4) is 11.5 Å². The van der Waals surface area contributed by atoms with Gasteiger partial charge in [0, 0.05) is 32.1 Å². The zero-order valence-corrected chi connectivity index (χ0v) is 16.2. The summed E-state index contributed by atoms with van der Waals surface area (Å²) in [6.45, 7) is 4.17. The monoisotopic (exact) mass is 370 g/mol. The van der Waals surface area contributed by atoms with Crippen molar-refractivity contribution in [3.63, 3.8) is 0 Å². The molecular formula is C21H26N2O4. The Morgan fingerprint density at radius 3 is 2.37 bits per heavy atom. The van der Waals surface area contributed by atoms with Crippen LogP contribution in [0.5, 0.6) is 11.5 Å². The lowest BCUT2D eigenvalue weighted by molar-refractivity contribution is -0.129. The third-order valence-electron chi connectivity index (χ3n) is 4.29. The Kier molecular flexibility index (Phi) is 7.23. The first-order valence-electron chi connectivity index (χ1n) is 8.76. The van der Waals surface area contributed by atoms with Crippen LogP contribution < -0.4 is 14.8 Å². The third-order valence-corrected chi connectivity index (χ3v) is 4.29. The molecule has 0 fully saturated rings. The van der Waals surface area contributed by atoms with Gasteiger partial charge in [0.1, 0.15) is 0 Å². The van der Waals surface area contributed by atoms with Crippen molar-refractivity contribution < 1.29 is 19.1 Å². The van der Waals surface area contributed by atoms with Gasteiger partial charge in [0.05, 0.1) is 14.2 Å². The van der Waals surface area contributed by atoms with Gasteiger partial charge in [-0.1, -0.05) is 24.3 Å². The van der Waals surface area contributed by atoms with Crippen molar-refractivity contribution in [3.05, 3.63) is 53.6 Å². The number of para-hydroxylation sites is 1. The van der Waals surface area contributed by atoms with Gasteiger partial charge in [-0.25, -0.2) is 0 Å². The van der Waals surface area contributed by atoms with Gasteiger partial charge in [-0.2, -0.15) is 0 Å². The molecule has 27 heavy (non-hydrogen) atoms. The number of nitrogens with one attached hydrogen (secondary N) is 1. The van der Waals surface area contributed by atoms with E-state index in [2.05, 4.69) is 5.32 Å². The predicted octanol–water partition coefficient (Wildman–Crippen LogP) is 3.39. The Balaban J connectivity index is 1.98. The highest BCUT2D eigenvalue weighted by atomic mass is 16.5. The molecule has 0 saturated heterocycles. The van der Waals surface area contributed by atoms with Gasteiger partial charge in [0.15, 0.2) is 11.5 Å². The number of carbonyl (C=O) groups is 2. The van der Waals surface area contributed by atoms with E-state index in [0.717, 1.165) is 16.8 Å². The zero-order chi connectivity index (χ0) is 19.8. The van der Waals surface area contributed by atoms with E-state index in [1.54, 1.807) is 25.2 Å². The van der Waals surface area contributed by atoms with Gasteiger partial charge < -0.3 is 19.7 Å². The molecule has 0 spiro atoms. The Bertz CT molecular complexity index is 805. The van der Waals surface area contributed by atoms with Crippen LogP contribution in [0, 0.1) is 6.92 Å². The molecule has 1 N–H and O–H groups in total. The summed E-state index contributed by atoms with van der Waals surface area (Å²) in [5, 5.41) is 2.89. The minimum Gasteiger partial charge on any atom is -0.493 e. The minimum absolute atomic E-state index is 0.0894. The highest BCUT2D eigenvalue weighted by Crippen LogP contribution is 2.28. The second-order valence-corrected chi connectivity index (χ2v) is 6.24. The number of anilines is 1. The molecular weight excluding hydrogens is 344 g/mol. The molecule has 0 radical (unpaired) electrons. The molecule has 0 heterocycles. The molecule has 0 bridgehead atoms. The smallest absolute Gasteiger partial charge is 0.226 e. The Labute approximate surface area is 160 Å². The minimum atomic E-state index is -0.122. The summed E-state index contributed by atoms with van der Waals surface area (Å²) in [7, 11) is 3.15. The van der Waals surface area contributed by atoms with Crippen molar-refractivity contribution in [1.29, 1.82) is 0 Å². The first-order chi connectivity index (χ1) is 12.9. The highest BCUT2D eigenvalue weighted by Gasteiger charge is 2.14. The molecule has 6 heteroatoms. The fraction of sp³-hybridized carbons (Fsp3) is 0.333. The molecule has 2 aromatic carbocycles. The van der Waals surface area contributed by atoms with E-state index in [1.165, 1.54) is 6.92 Å². The largest absolute Gasteiger partial charge is 0.493 e. The molecule has 2 rings (SSSR count). The van der Waals surface area contributed by atoms with Crippen LogP contribution in [0.2, 0.25) is 0 Å². The summed E-state index contributed by atoms with van der Waals surface area (Å²) in [5.41, 5.74) is 2.69. The summed E-state index contributed by atoms with van der Waals surface area (Å²) in [4.78, 5) is 25.9. The van der Waals surface area contributed by atoms with E-state index < -0.39 is 0 Å². The predicted molar refractivity (Wildman–Crippen MR) is 105 cm³/mol. The maximum atomic E-state index is 12.2. The second-order valence-electron chi connectivity index (χ2n) is 6.24. The lowest BCUT2D eigenvalue weighted by atomic mass is 10.1. The van der Waals surface area contributed by atoms with Gasteiger partial charge in [0.2, 0.25) is 11.8 Å². The molecule has 0 aromatic heterocycles. The third kappa shape index (κ3) is 5.74. The molecule has 0 aliphatic carbocycles. The van der Waals surface area contributed by atoms with E-state index in [9.17, 15) is 9.59 Å². The number of methoxy groups -OCH3 is 2. The maximum Gasteiger partial charge on any atom is 0.226 e. The number of nitrogens with zero attached hydrogens (tertiary/aromatic N) is 1. The Morgan fingerprint density at radius 2 is 1.74 bits per heavy atom. The average molecular weight is 370 g/mol. The fourth-order valence-corrected chi connectivity index (χ4v) is 2.71. The number of aryl methyl sites for hydroxylation is 1. The SMILES string of the molecule is COc1ccc(CN(CCC(=O)Nc2ccccc2C)C(C)=O)cc1OC. The van der Waals surface area contributed by atoms with Gasteiger partial charge in [-0.3, -0.25) is 9.59 Å². The number of carbonyl (C=O) groups excluding carboxylic acids is 2. The van der Waals surface area contributed by atoms with Crippen molar-refractivity contribution >= 4 is 17.5 Å². The molecule has 0 aliphatic heterocycles. The highest BCUT2D eigenvalue weighted by molar-refractivity contribution is 5.91. The summed E-state index contributed by atoms with van der Waals surface area (Å²) >= 11 is 0. The molecule has 0 aliphatic rings. The van der Waals surface area contributed by atoms with Crippen molar-refractivity contribution in [2.45, 2.75) is 26.8 Å². The van der Waals surface area contributed by atoms with Crippen LogP contribution in [0.1, 0.15) is 24.5 Å². The molecule has 0 atom stereocenters. The van der Waals surface area contributed by atoms with Gasteiger partial charge in [-0.05, 0) is 36.2 Å². The van der Waals surface area contributed by atoms with Gasteiger partial charge in [0.25, 0.3) is 0 Å². The first-order valence-corrected chi connectivity index (χ1v) is 8.76. The molecule has 2 amide bonds. The lowest BCUT2D eigenvalue weighted by Crippen LogP contribution is -2.31. The van der Waals surface area contributed by atoms with Crippen LogP contribution in [-0.2, 0) is 16.1 Å². The van der Waals surface area contributed by atoms with E-state index >= 15 is 0 Å². The van der Waals surface area contributed by atoms with Crippen LogP contribution in [0.15, 0.2) is 42.5 Å². The van der Waals surface area contributed by atoms with Gasteiger partial charge >= 0.3 is 0 Å². The molecule has 0 saturated carbocycles. The number of benzene rings is 2. The van der Waals surface area contributed by atoms with Crippen molar-refractivity contribution in [2.24, 2.45) is 0 Å². The normalized spacial score (nSPS) is 10.2. The topological polar surface area (TPSA) is 67.9 Å². The van der Waals surface area contributed by atoms with Gasteiger partial charge in [-0.15, -0.1) is 0 Å². The summed E-state index contributed by atoms with van der Waals surface area (Å²) in [6, 6.07) is 13.1. The summed E-state index contributed by atoms with van der Waals surface area (Å²) in [6.07, 6.45) is 0.223. The van der Waals surface area contributed by atoms with Crippen LogP contribution in [0.25, 0.3) is 0 Å². The number of hydrogen-bond acceptors (Lipinski definition) is 4. The summed E-state index contributed by atoms with van der Waals surface area (Å²) in [5.74, 6) is 1.03. The number of amides is 2. The average Bonchev–Trinajstić information content (AvgIpc) is 2.66. The lowest BCUT2D eigenvalue weighted by Gasteiger charge is -2.21. The number of hydrogen-bond donors (Lipinski definition) is 1. The Morgan fingerprint density at radius 1 is 1.04 bits per heavy atom. The van der Waals surface area contributed by atoms with E-state index in [-0.39, 0.29) is 18.2 Å². The van der Waals surface area contributed by atoms with Crippen molar-refractivity contribution in [1.82, 2.24) is 4.90 Å². The van der Waals surface area contributed by atoms with Crippen molar-refractivity contribution in [2.75, 3.05) is 26.1 Å². The quantitative estimate of drug-likeness (QED) is 0.773. The van der Waals surface area contributed by atoms with E-state index in [4.69, 9.17) is 9.47 Å². The maximum absolute atomic E-state index is 12.2. The first kappa shape index (κ1) is 20.3. The van der Waals surface area contributed by atoms with Crippen LogP contribution >= 0.6 is 0 Å². The van der Waals surface area contributed by atoms with E-state index in [0.29, 0.717) is 24.6 Å². The Hall–Kier alpha value is -3.02. The molecule has 0 unspecified atom stereocenters. The van der Waals surface area contributed by atoms with Crippen LogP contribution in [0.4, 0.5) is 5.69 Å². The molecule has 2 aromatic rings.